The number of likely N-dealkylation sites (tertiary alicyclic amines) is 1. The van der Waals surface area contributed by atoms with Crippen LogP contribution < -0.4 is 5.46 Å². The van der Waals surface area contributed by atoms with Gasteiger partial charge in [0.2, 0.25) is 0 Å². The van der Waals surface area contributed by atoms with Crippen LogP contribution in [0.4, 0.5) is 0 Å². The Morgan fingerprint density at radius 1 is 1.15 bits per heavy atom. The molecule has 0 saturated carbocycles. The van der Waals surface area contributed by atoms with Gasteiger partial charge in [-0.15, -0.1) is 0 Å². The van der Waals surface area contributed by atoms with Gasteiger partial charge in [0.15, 0.2) is 0 Å². The molecule has 5 heteroatoms. The molecule has 0 aromatic heterocycles. The first-order valence-corrected chi connectivity index (χ1v) is 7.32. The molecule has 2 rings (SSSR count). The van der Waals surface area contributed by atoms with E-state index in [2.05, 4.69) is 13.8 Å². The molecular weight excluding hydrogens is 253 g/mol. The normalized spacial score (nSPS) is 22.1. The third-order valence-electron chi connectivity index (χ3n) is 4.37. The highest BCUT2D eigenvalue weighted by Gasteiger charge is 2.33. The lowest BCUT2D eigenvalue weighted by atomic mass is 9.80. The van der Waals surface area contributed by atoms with E-state index < -0.39 is 7.12 Å². The maximum Gasteiger partial charge on any atom is 0.488 e. The van der Waals surface area contributed by atoms with Crippen LogP contribution in [0, 0.1) is 11.8 Å². The number of amides is 1. The van der Waals surface area contributed by atoms with E-state index in [-0.39, 0.29) is 5.91 Å². The molecule has 1 aliphatic heterocycles. The van der Waals surface area contributed by atoms with Gasteiger partial charge in [0.25, 0.3) is 5.91 Å². The number of carbonyl (C=O) groups is 1. The van der Waals surface area contributed by atoms with Gasteiger partial charge >= 0.3 is 7.12 Å². The molecule has 0 radical (unpaired) electrons. The molecule has 1 aromatic rings. The smallest absolute Gasteiger partial charge is 0.423 e. The van der Waals surface area contributed by atoms with Crippen molar-refractivity contribution in [3.8, 4) is 0 Å². The van der Waals surface area contributed by atoms with Gasteiger partial charge in [-0.25, -0.2) is 0 Å². The number of rotatable bonds is 4. The predicted molar refractivity (Wildman–Crippen MR) is 79.7 cm³/mol. The molecule has 4 nitrogen and oxygen atoms in total. The summed E-state index contributed by atoms with van der Waals surface area (Å²) in [5, 5.41) is 18.1. The van der Waals surface area contributed by atoms with Gasteiger partial charge in [0, 0.05) is 18.7 Å². The van der Waals surface area contributed by atoms with E-state index in [0.29, 0.717) is 22.9 Å². The van der Waals surface area contributed by atoms with E-state index in [1.54, 1.807) is 24.3 Å². The molecule has 1 fully saturated rings. The molecule has 108 valence electrons. The molecule has 0 aliphatic carbocycles. The zero-order chi connectivity index (χ0) is 14.7. The molecular formula is C15H22BNO3. The first kappa shape index (κ1) is 15.1. The van der Waals surface area contributed by atoms with Crippen molar-refractivity contribution in [3.05, 3.63) is 29.8 Å². The molecule has 2 unspecified atom stereocenters. The van der Waals surface area contributed by atoms with Gasteiger partial charge in [0.05, 0.1) is 0 Å². The Labute approximate surface area is 120 Å². The van der Waals surface area contributed by atoms with Crippen LogP contribution in [-0.2, 0) is 0 Å². The summed E-state index contributed by atoms with van der Waals surface area (Å²) < 4.78 is 0. The van der Waals surface area contributed by atoms with Crippen LogP contribution in [-0.4, -0.2) is 41.1 Å². The van der Waals surface area contributed by atoms with Crippen LogP contribution >= 0.6 is 0 Å². The summed E-state index contributed by atoms with van der Waals surface area (Å²) in [7, 11) is -1.49. The maximum atomic E-state index is 12.5. The van der Waals surface area contributed by atoms with Crippen LogP contribution in [0.1, 0.15) is 37.0 Å². The highest BCUT2D eigenvalue weighted by Crippen LogP contribution is 2.29. The van der Waals surface area contributed by atoms with E-state index >= 15 is 0 Å². The first-order chi connectivity index (χ1) is 9.56. The molecule has 1 heterocycles. The fourth-order valence-corrected chi connectivity index (χ4v) is 3.01. The van der Waals surface area contributed by atoms with Crippen LogP contribution in [0.25, 0.3) is 0 Å². The molecule has 0 spiro atoms. The summed E-state index contributed by atoms with van der Waals surface area (Å²) in [4.78, 5) is 14.4. The monoisotopic (exact) mass is 275 g/mol. The fraction of sp³-hybridized carbons (Fsp3) is 0.533. The Balaban J connectivity index is 2.08. The number of hydrogen-bond donors (Lipinski definition) is 2. The quantitative estimate of drug-likeness (QED) is 0.802. The summed E-state index contributed by atoms with van der Waals surface area (Å²) in [6.45, 7) is 6.02. The zero-order valence-electron chi connectivity index (χ0n) is 12.1. The highest BCUT2D eigenvalue weighted by molar-refractivity contribution is 6.58. The summed E-state index contributed by atoms with van der Waals surface area (Å²) >= 11 is 0. The van der Waals surface area contributed by atoms with Gasteiger partial charge in [0.1, 0.15) is 0 Å². The minimum atomic E-state index is -1.49. The third kappa shape index (κ3) is 3.05. The van der Waals surface area contributed by atoms with Crippen LogP contribution in [0.3, 0.4) is 0 Å². The molecule has 1 amide bonds. The Morgan fingerprint density at radius 2 is 1.65 bits per heavy atom. The van der Waals surface area contributed by atoms with Gasteiger partial charge < -0.3 is 14.9 Å². The summed E-state index contributed by atoms with van der Waals surface area (Å²) in [6, 6.07) is 6.50. The van der Waals surface area contributed by atoms with Crippen LogP contribution in [0.5, 0.6) is 0 Å². The van der Waals surface area contributed by atoms with Crippen molar-refractivity contribution in [2.24, 2.45) is 11.8 Å². The summed E-state index contributed by atoms with van der Waals surface area (Å²) in [6.07, 6.45) is 2.22. The van der Waals surface area contributed by atoms with Crippen molar-refractivity contribution in [1.29, 1.82) is 0 Å². The van der Waals surface area contributed by atoms with Gasteiger partial charge in [-0.3, -0.25) is 4.79 Å². The predicted octanol–water partition coefficient (Wildman–Crippen LogP) is 0.875. The standard InChI is InChI=1S/C15H22BNO3/c1-3-11-9-17(10-12(11)4-2)15(18)13-5-7-14(8-6-13)16(19)20/h5-8,11-12,19-20H,3-4,9-10H2,1-2H3. The van der Waals surface area contributed by atoms with Gasteiger partial charge in [-0.1, -0.05) is 38.8 Å². The van der Waals surface area contributed by atoms with Crippen molar-refractivity contribution in [3.63, 3.8) is 0 Å². The second kappa shape index (κ2) is 6.42. The summed E-state index contributed by atoms with van der Waals surface area (Å²) in [5.74, 6) is 1.24. The molecule has 1 saturated heterocycles. The number of carbonyl (C=O) groups excluding carboxylic acids is 1. The fourth-order valence-electron chi connectivity index (χ4n) is 3.01. The largest absolute Gasteiger partial charge is 0.488 e. The Bertz CT molecular complexity index is 449. The lowest BCUT2D eigenvalue weighted by Crippen LogP contribution is -2.31. The van der Waals surface area contributed by atoms with E-state index in [0.717, 1.165) is 25.9 Å². The Hall–Kier alpha value is -1.33. The summed E-state index contributed by atoms with van der Waals surface area (Å²) in [5.41, 5.74) is 1.02. The van der Waals surface area contributed by atoms with Crippen molar-refractivity contribution in [2.75, 3.05) is 13.1 Å². The average Bonchev–Trinajstić information content (AvgIpc) is 2.89. The average molecular weight is 275 g/mol. The number of benzene rings is 1. The van der Waals surface area contributed by atoms with Crippen molar-refractivity contribution >= 4 is 18.5 Å². The molecule has 1 aliphatic rings. The lowest BCUT2D eigenvalue weighted by molar-refractivity contribution is 0.0783. The van der Waals surface area contributed by atoms with Gasteiger partial charge in [-0.2, -0.15) is 0 Å². The van der Waals surface area contributed by atoms with Gasteiger partial charge in [-0.05, 0) is 29.4 Å². The highest BCUT2D eigenvalue weighted by atomic mass is 16.4. The van der Waals surface area contributed by atoms with E-state index in [1.165, 1.54) is 0 Å². The molecule has 2 atom stereocenters. The lowest BCUT2D eigenvalue weighted by Gasteiger charge is -2.16. The molecule has 2 N–H and O–H groups in total. The van der Waals surface area contributed by atoms with Crippen molar-refractivity contribution in [2.45, 2.75) is 26.7 Å². The van der Waals surface area contributed by atoms with Crippen LogP contribution in [0.2, 0.25) is 0 Å². The molecule has 20 heavy (non-hydrogen) atoms. The molecule has 1 aromatic carbocycles. The SMILES string of the molecule is CCC1CN(C(=O)c2ccc(B(O)O)cc2)CC1CC. The van der Waals surface area contributed by atoms with E-state index in [4.69, 9.17) is 10.0 Å². The maximum absolute atomic E-state index is 12.5. The zero-order valence-corrected chi connectivity index (χ0v) is 12.1. The second-order valence-electron chi connectivity index (χ2n) is 5.54. The number of nitrogens with zero attached hydrogens (tertiary/aromatic N) is 1. The molecule has 0 bridgehead atoms. The van der Waals surface area contributed by atoms with Crippen LogP contribution in [0.15, 0.2) is 24.3 Å². The van der Waals surface area contributed by atoms with Crippen molar-refractivity contribution < 1.29 is 14.8 Å². The minimum Gasteiger partial charge on any atom is -0.423 e. The van der Waals surface area contributed by atoms with E-state index in [1.807, 2.05) is 4.90 Å². The Morgan fingerprint density at radius 3 is 2.05 bits per heavy atom. The topological polar surface area (TPSA) is 60.8 Å². The minimum absolute atomic E-state index is 0.0402. The second-order valence-corrected chi connectivity index (χ2v) is 5.54. The first-order valence-electron chi connectivity index (χ1n) is 7.32. The number of hydrogen-bond acceptors (Lipinski definition) is 3. The Kier molecular flexibility index (Phi) is 4.84. The third-order valence-corrected chi connectivity index (χ3v) is 4.37. The van der Waals surface area contributed by atoms with Crippen molar-refractivity contribution in [1.82, 2.24) is 4.90 Å². The van der Waals surface area contributed by atoms with E-state index in [9.17, 15) is 4.79 Å².